The molecule has 1 N–H and O–H groups in total. The minimum Gasteiger partial charge on any atom is -0.451 e. The summed E-state index contributed by atoms with van der Waals surface area (Å²) in [6, 6.07) is 14.1. The Balaban J connectivity index is 1.52. The molecule has 11 heteroatoms. The number of esters is 1. The number of anilines is 1. The maximum atomic E-state index is 13.2. The van der Waals surface area contributed by atoms with Crippen LogP contribution in [-0.2, 0) is 21.4 Å². The van der Waals surface area contributed by atoms with Crippen LogP contribution >= 0.6 is 11.8 Å². The van der Waals surface area contributed by atoms with E-state index in [-0.39, 0.29) is 23.2 Å². The quantitative estimate of drug-likeness (QED) is 0.330. The first-order chi connectivity index (χ1) is 18.2. The first kappa shape index (κ1) is 26.9. The summed E-state index contributed by atoms with van der Waals surface area (Å²) in [4.78, 5) is 66.1. The van der Waals surface area contributed by atoms with Gasteiger partial charge in [-0.05, 0) is 56.5 Å². The van der Waals surface area contributed by atoms with Gasteiger partial charge in [-0.25, -0.2) is 9.48 Å². The number of para-hydroxylation sites is 1. The molecule has 0 aliphatic carbocycles. The topological polar surface area (TPSA) is 120 Å². The molecule has 0 saturated carbocycles. The smallest absolute Gasteiger partial charge is 0.330 e. The van der Waals surface area contributed by atoms with Crippen LogP contribution in [0.25, 0.3) is 5.69 Å². The number of nitrogens with zero attached hydrogens (tertiary/aromatic N) is 3. The number of benzene rings is 2. The molecule has 2 heterocycles. The summed E-state index contributed by atoms with van der Waals surface area (Å²) in [6.45, 7) is 3.06. The molecule has 0 bridgehead atoms. The number of imide groups is 1. The molecule has 0 saturated heterocycles. The molecule has 2 unspecified atom stereocenters. The van der Waals surface area contributed by atoms with Gasteiger partial charge in [-0.15, -0.1) is 0 Å². The van der Waals surface area contributed by atoms with E-state index in [9.17, 15) is 24.0 Å². The number of thioether (sulfide) groups is 1. The van der Waals surface area contributed by atoms with Crippen molar-refractivity contribution < 1.29 is 23.9 Å². The maximum absolute atomic E-state index is 13.2. The molecule has 38 heavy (non-hydrogen) atoms. The predicted molar refractivity (Wildman–Crippen MR) is 144 cm³/mol. The second-order valence-corrected chi connectivity index (χ2v) is 9.81. The highest BCUT2D eigenvalue weighted by molar-refractivity contribution is 7.98. The number of hydrogen-bond donors (Lipinski definition) is 1. The molecule has 0 fully saturated rings. The fourth-order valence-corrected chi connectivity index (χ4v) is 4.78. The molecule has 1 aliphatic heterocycles. The molecule has 198 valence electrons. The van der Waals surface area contributed by atoms with Gasteiger partial charge in [-0.1, -0.05) is 30.3 Å². The summed E-state index contributed by atoms with van der Waals surface area (Å²) in [5.41, 5.74) is 1.20. The van der Waals surface area contributed by atoms with Crippen molar-refractivity contribution in [3.05, 3.63) is 81.8 Å². The summed E-state index contributed by atoms with van der Waals surface area (Å²) >= 11 is 1.45. The Labute approximate surface area is 223 Å². The lowest BCUT2D eigenvalue weighted by molar-refractivity contribution is -0.157. The number of fused-ring (bicyclic) bond motifs is 1. The average molecular weight is 537 g/mol. The molecule has 0 radical (unpaired) electrons. The lowest BCUT2D eigenvalue weighted by Crippen LogP contribution is -2.47. The fraction of sp³-hybridized carbons (Fsp3) is 0.296. The monoisotopic (exact) mass is 536 g/mol. The van der Waals surface area contributed by atoms with Crippen LogP contribution < -0.4 is 10.9 Å². The van der Waals surface area contributed by atoms with E-state index in [2.05, 4.69) is 5.32 Å². The van der Waals surface area contributed by atoms with E-state index in [0.29, 0.717) is 17.1 Å². The van der Waals surface area contributed by atoms with Crippen LogP contribution in [0.15, 0.2) is 59.4 Å². The molecule has 4 rings (SSSR count). The van der Waals surface area contributed by atoms with Crippen molar-refractivity contribution in [2.24, 2.45) is 7.05 Å². The maximum Gasteiger partial charge on any atom is 0.330 e. The third-order valence-electron chi connectivity index (χ3n) is 6.47. The number of hydrogen-bond acceptors (Lipinski definition) is 7. The normalized spacial score (nSPS) is 14.3. The third-order valence-corrected chi connectivity index (χ3v) is 7.11. The minimum atomic E-state index is -1.29. The molecule has 2 atom stereocenters. The van der Waals surface area contributed by atoms with E-state index < -0.39 is 41.4 Å². The summed E-state index contributed by atoms with van der Waals surface area (Å²) in [7, 11) is 1.70. The van der Waals surface area contributed by atoms with Crippen LogP contribution in [0.1, 0.15) is 39.8 Å². The Morgan fingerprint density at radius 2 is 1.55 bits per heavy atom. The summed E-state index contributed by atoms with van der Waals surface area (Å²) < 4.78 is 8.47. The molecule has 2 aromatic carbocycles. The van der Waals surface area contributed by atoms with E-state index >= 15 is 0 Å². The van der Waals surface area contributed by atoms with Gasteiger partial charge in [0, 0.05) is 7.05 Å². The SMILES string of the molecule is CSCCC(C(=O)OC(C)C(=O)Nc1c(C)n(C)n(-c2ccccc2)c1=O)N1C(=O)c2ccccc2C1=O. The molecule has 3 amide bonds. The Morgan fingerprint density at radius 1 is 0.974 bits per heavy atom. The zero-order chi connectivity index (χ0) is 27.6. The van der Waals surface area contributed by atoms with Crippen molar-refractivity contribution in [3.8, 4) is 5.69 Å². The van der Waals surface area contributed by atoms with Crippen LogP contribution in [0, 0.1) is 6.92 Å². The lowest BCUT2D eigenvalue weighted by atomic mass is 10.1. The van der Waals surface area contributed by atoms with E-state index in [1.54, 1.807) is 55.1 Å². The Morgan fingerprint density at radius 3 is 2.13 bits per heavy atom. The van der Waals surface area contributed by atoms with Gasteiger partial charge in [0.15, 0.2) is 6.10 Å². The van der Waals surface area contributed by atoms with Gasteiger partial charge in [0.05, 0.1) is 22.5 Å². The highest BCUT2D eigenvalue weighted by Gasteiger charge is 2.43. The number of carbonyl (C=O) groups excluding carboxylic acids is 4. The van der Waals surface area contributed by atoms with Gasteiger partial charge in [-0.3, -0.25) is 28.8 Å². The van der Waals surface area contributed by atoms with E-state index in [4.69, 9.17) is 4.74 Å². The standard InChI is InChI=1S/C27H28N4O6S/c1-16-22(26(35)31(29(16)3)18-10-6-5-7-11-18)28-23(32)17(2)37-27(36)21(14-15-38-4)30-24(33)19-12-8-9-13-20(19)25(30)34/h5-13,17,21H,14-15H2,1-4H3,(H,28,32). The van der Waals surface area contributed by atoms with Crippen LogP contribution in [0.2, 0.25) is 0 Å². The minimum absolute atomic E-state index is 0.0588. The molecule has 1 aromatic heterocycles. The van der Waals surface area contributed by atoms with Gasteiger partial charge < -0.3 is 10.1 Å². The van der Waals surface area contributed by atoms with Crippen LogP contribution in [0.3, 0.4) is 0 Å². The summed E-state index contributed by atoms with van der Waals surface area (Å²) in [5.74, 6) is -2.26. The van der Waals surface area contributed by atoms with E-state index in [1.807, 2.05) is 12.3 Å². The highest BCUT2D eigenvalue weighted by atomic mass is 32.2. The van der Waals surface area contributed by atoms with Crippen molar-refractivity contribution in [2.45, 2.75) is 32.4 Å². The molecular formula is C27H28N4O6S. The summed E-state index contributed by atoms with van der Waals surface area (Å²) in [5, 5.41) is 2.58. The van der Waals surface area contributed by atoms with E-state index in [0.717, 1.165) is 4.90 Å². The zero-order valence-electron chi connectivity index (χ0n) is 21.5. The van der Waals surface area contributed by atoms with Crippen molar-refractivity contribution in [2.75, 3.05) is 17.3 Å². The second-order valence-electron chi connectivity index (χ2n) is 8.83. The van der Waals surface area contributed by atoms with Gasteiger partial charge >= 0.3 is 5.97 Å². The van der Waals surface area contributed by atoms with Crippen LogP contribution in [-0.4, -0.2) is 62.1 Å². The van der Waals surface area contributed by atoms with Gasteiger partial charge in [0.2, 0.25) is 0 Å². The number of aromatic nitrogens is 2. The van der Waals surface area contributed by atoms with Crippen molar-refractivity contribution in [1.29, 1.82) is 0 Å². The molecule has 3 aromatic rings. The number of ether oxygens (including phenoxy) is 1. The number of carbonyl (C=O) groups is 4. The average Bonchev–Trinajstić information content (AvgIpc) is 3.29. The molecule has 10 nitrogen and oxygen atoms in total. The Kier molecular flexibility index (Phi) is 7.86. The Hall–Kier alpha value is -4.12. The largest absolute Gasteiger partial charge is 0.451 e. The molecule has 0 spiro atoms. The molecule has 1 aliphatic rings. The lowest BCUT2D eigenvalue weighted by Gasteiger charge is -2.25. The second kappa shape index (κ2) is 11.1. The van der Waals surface area contributed by atoms with Gasteiger partial charge in [0.25, 0.3) is 23.3 Å². The van der Waals surface area contributed by atoms with Crippen molar-refractivity contribution in [1.82, 2.24) is 14.3 Å². The predicted octanol–water partition coefficient (Wildman–Crippen LogP) is 2.77. The van der Waals surface area contributed by atoms with E-state index in [1.165, 1.54) is 35.5 Å². The van der Waals surface area contributed by atoms with Crippen molar-refractivity contribution in [3.63, 3.8) is 0 Å². The van der Waals surface area contributed by atoms with Crippen LogP contribution in [0.5, 0.6) is 0 Å². The van der Waals surface area contributed by atoms with Gasteiger partial charge in [-0.2, -0.15) is 11.8 Å². The first-order valence-corrected chi connectivity index (χ1v) is 13.4. The number of nitrogens with one attached hydrogen (secondary N) is 1. The Bertz CT molecular complexity index is 1430. The number of amides is 3. The first-order valence-electron chi connectivity index (χ1n) is 12.0. The molecular weight excluding hydrogens is 508 g/mol. The van der Waals surface area contributed by atoms with Crippen molar-refractivity contribution >= 4 is 41.1 Å². The van der Waals surface area contributed by atoms with Crippen LogP contribution in [0.4, 0.5) is 5.69 Å². The zero-order valence-corrected chi connectivity index (χ0v) is 22.3. The fourth-order valence-electron chi connectivity index (χ4n) is 4.32. The number of rotatable bonds is 9. The van der Waals surface area contributed by atoms with Gasteiger partial charge in [0.1, 0.15) is 11.7 Å². The third kappa shape index (κ3) is 4.89. The highest BCUT2D eigenvalue weighted by Crippen LogP contribution is 2.27. The summed E-state index contributed by atoms with van der Waals surface area (Å²) in [6.07, 6.45) is 0.712.